The summed E-state index contributed by atoms with van der Waals surface area (Å²) in [5.74, 6) is 1.52. The van der Waals surface area contributed by atoms with E-state index in [-0.39, 0.29) is 22.6 Å². The van der Waals surface area contributed by atoms with Crippen molar-refractivity contribution >= 4 is 33.1 Å². The first kappa shape index (κ1) is 19.3. The van der Waals surface area contributed by atoms with E-state index >= 15 is 0 Å². The Labute approximate surface area is 159 Å². The van der Waals surface area contributed by atoms with Crippen molar-refractivity contribution in [3.8, 4) is 12.3 Å². The van der Waals surface area contributed by atoms with E-state index in [1.807, 2.05) is 0 Å². The van der Waals surface area contributed by atoms with Crippen LogP contribution in [0, 0.1) is 22.5 Å². The second-order valence-electron chi connectivity index (χ2n) is 5.58. The fourth-order valence-corrected chi connectivity index (χ4v) is 3.55. The molecule has 0 aliphatic carbocycles. The number of aromatic nitrogens is 1. The summed E-state index contributed by atoms with van der Waals surface area (Å²) in [5.41, 5.74) is -0.802. The number of hydrogen-bond donors (Lipinski definition) is 0. The molecule has 0 aliphatic heterocycles. The second kappa shape index (κ2) is 7.28. The zero-order valence-electron chi connectivity index (χ0n) is 13.9. The Hall–Kier alpha value is -3.45. The monoisotopic (exact) mass is 405 g/mol. The number of nitro groups is 1. The number of hydrogen-bond acceptors (Lipinski definition) is 4. The molecule has 0 radical (unpaired) electrons. The van der Waals surface area contributed by atoms with Crippen molar-refractivity contribution in [3.05, 3.63) is 68.5 Å². The van der Waals surface area contributed by atoms with Crippen LogP contribution in [-0.2, 0) is 12.7 Å². The fraction of sp³-hybridized carbons (Fsp3) is 0.111. The third-order valence-corrected chi connectivity index (χ3v) is 4.80. The molecule has 1 aromatic heterocycles. The van der Waals surface area contributed by atoms with Crippen LogP contribution in [0.4, 0.5) is 18.9 Å². The van der Waals surface area contributed by atoms with Crippen molar-refractivity contribution < 1.29 is 22.9 Å². The predicted octanol–water partition coefficient (Wildman–Crippen LogP) is 4.00. The van der Waals surface area contributed by atoms with Crippen LogP contribution in [0.1, 0.15) is 15.9 Å². The SMILES string of the molecule is C#CCn1c(=NC(=O)c2cccc(C(F)(F)F)c2)sc2cc([N+](=O)[O-])ccc21. The summed E-state index contributed by atoms with van der Waals surface area (Å²) in [6.07, 6.45) is 0.754. The third-order valence-electron chi connectivity index (χ3n) is 3.76. The number of rotatable bonds is 3. The van der Waals surface area contributed by atoms with Crippen LogP contribution in [0.5, 0.6) is 0 Å². The molecule has 3 aromatic rings. The minimum absolute atomic E-state index is 0.0342. The average Bonchev–Trinajstić information content (AvgIpc) is 2.98. The Kier molecular flexibility index (Phi) is 5.02. The molecule has 0 bridgehead atoms. The van der Waals surface area contributed by atoms with E-state index in [1.165, 1.54) is 28.8 Å². The summed E-state index contributed by atoms with van der Waals surface area (Å²) in [6, 6.07) is 8.01. The lowest BCUT2D eigenvalue weighted by molar-refractivity contribution is -0.384. The van der Waals surface area contributed by atoms with Gasteiger partial charge in [0.05, 0.1) is 27.2 Å². The molecule has 1 amide bonds. The number of carbonyl (C=O) groups excluding carboxylic acids is 1. The summed E-state index contributed by atoms with van der Waals surface area (Å²) < 4.78 is 40.5. The average molecular weight is 405 g/mol. The molecule has 0 atom stereocenters. The predicted molar refractivity (Wildman–Crippen MR) is 96.6 cm³/mol. The Morgan fingerprint density at radius 2 is 2.04 bits per heavy atom. The van der Waals surface area contributed by atoms with Crippen LogP contribution in [0.25, 0.3) is 10.2 Å². The number of terminal acetylenes is 1. The van der Waals surface area contributed by atoms with Crippen LogP contribution in [0.3, 0.4) is 0 Å². The zero-order chi connectivity index (χ0) is 20.5. The number of fused-ring (bicyclic) bond motifs is 1. The number of alkyl halides is 3. The molecular weight excluding hydrogens is 395 g/mol. The zero-order valence-corrected chi connectivity index (χ0v) is 14.8. The van der Waals surface area contributed by atoms with Crippen LogP contribution < -0.4 is 4.80 Å². The highest BCUT2D eigenvalue weighted by molar-refractivity contribution is 7.16. The van der Waals surface area contributed by atoms with Gasteiger partial charge in [-0.3, -0.25) is 14.9 Å². The number of nitrogens with zero attached hydrogens (tertiary/aromatic N) is 3. The molecule has 28 heavy (non-hydrogen) atoms. The van der Waals surface area contributed by atoms with Crippen molar-refractivity contribution in [2.24, 2.45) is 4.99 Å². The second-order valence-corrected chi connectivity index (χ2v) is 6.59. The van der Waals surface area contributed by atoms with Crippen molar-refractivity contribution in [1.82, 2.24) is 4.57 Å². The topological polar surface area (TPSA) is 77.5 Å². The van der Waals surface area contributed by atoms with Gasteiger partial charge in [0, 0.05) is 17.7 Å². The van der Waals surface area contributed by atoms with E-state index in [4.69, 9.17) is 6.42 Å². The van der Waals surface area contributed by atoms with Gasteiger partial charge in [0.2, 0.25) is 0 Å². The number of halogens is 3. The van der Waals surface area contributed by atoms with Gasteiger partial charge >= 0.3 is 6.18 Å². The van der Waals surface area contributed by atoms with Crippen LogP contribution >= 0.6 is 11.3 Å². The van der Waals surface area contributed by atoms with Crippen LogP contribution in [0.15, 0.2) is 47.5 Å². The Balaban J connectivity index is 2.13. The first-order valence-corrected chi connectivity index (χ1v) is 8.50. The van der Waals surface area contributed by atoms with Gasteiger partial charge in [-0.05, 0) is 24.3 Å². The number of benzene rings is 2. The van der Waals surface area contributed by atoms with Crippen molar-refractivity contribution in [3.63, 3.8) is 0 Å². The standard InChI is InChI=1S/C18H10F3N3O3S/c1-2-8-23-14-7-6-13(24(26)27)10-15(14)28-17(23)22-16(25)11-4-3-5-12(9-11)18(19,20)21/h1,3-7,9-10H,8H2. The molecule has 0 fully saturated rings. The van der Waals surface area contributed by atoms with Gasteiger partial charge < -0.3 is 4.57 Å². The molecule has 6 nitrogen and oxygen atoms in total. The molecule has 0 saturated heterocycles. The number of thiazole rings is 1. The minimum atomic E-state index is -4.59. The first-order valence-electron chi connectivity index (χ1n) is 7.68. The molecule has 0 N–H and O–H groups in total. The summed E-state index contributed by atoms with van der Waals surface area (Å²) in [7, 11) is 0. The molecule has 142 valence electrons. The lowest BCUT2D eigenvalue weighted by atomic mass is 10.1. The summed E-state index contributed by atoms with van der Waals surface area (Å²) in [4.78, 5) is 26.8. The van der Waals surface area contributed by atoms with E-state index in [9.17, 15) is 28.1 Å². The maximum atomic E-state index is 12.8. The smallest absolute Gasteiger partial charge is 0.305 e. The van der Waals surface area contributed by atoms with Crippen LogP contribution in [0.2, 0.25) is 0 Å². The largest absolute Gasteiger partial charge is 0.416 e. The molecule has 1 heterocycles. The van der Waals surface area contributed by atoms with Crippen LogP contribution in [-0.4, -0.2) is 15.4 Å². The molecule has 3 rings (SSSR count). The molecule has 0 saturated carbocycles. The number of carbonyl (C=O) groups is 1. The summed E-state index contributed by atoms with van der Waals surface area (Å²) >= 11 is 0.981. The molecule has 0 unspecified atom stereocenters. The molecule has 0 spiro atoms. The van der Waals surface area contributed by atoms with E-state index < -0.39 is 22.6 Å². The lowest BCUT2D eigenvalue weighted by Crippen LogP contribution is -2.16. The highest BCUT2D eigenvalue weighted by Gasteiger charge is 2.30. The fourth-order valence-electron chi connectivity index (χ4n) is 2.48. The molecular formula is C18H10F3N3O3S. The maximum Gasteiger partial charge on any atom is 0.416 e. The number of nitro benzene ring substituents is 1. The molecule has 10 heteroatoms. The van der Waals surface area contributed by atoms with Crippen molar-refractivity contribution in [2.45, 2.75) is 12.7 Å². The van der Waals surface area contributed by atoms with E-state index in [2.05, 4.69) is 10.9 Å². The summed E-state index contributed by atoms with van der Waals surface area (Å²) in [6.45, 7) is 0.0342. The van der Waals surface area contributed by atoms with E-state index in [0.29, 0.717) is 10.2 Å². The van der Waals surface area contributed by atoms with Gasteiger partial charge in [-0.15, -0.1) is 6.42 Å². The Bertz CT molecular complexity index is 1200. The van der Waals surface area contributed by atoms with Crippen molar-refractivity contribution in [1.29, 1.82) is 0 Å². The maximum absolute atomic E-state index is 12.8. The first-order chi connectivity index (χ1) is 13.2. The Morgan fingerprint density at radius 1 is 1.29 bits per heavy atom. The highest BCUT2D eigenvalue weighted by atomic mass is 32.1. The van der Waals surface area contributed by atoms with Gasteiger partial charge in [0.1, 0.15) is 0 Å². The quantitative estimate of drug-likeness (QED) is 0.375. The third kappa shape index (κ3) is 3.79. The highest BCUT2D eigenvalue weighted by Crippen LogP contribution is 2.29. The minimum Gasteiger partial charge on any atom is -0.305 e. The Morgan fingerprint density at radius 3 is 2.68 bits per heavy atom. The molecule has 0 aliphatic rings. The van der Waals surface area contributed by atoms with Gasteiger partial charge in [-0.2, -0.15) is 18.2 Å². The van der Waals surface area contributed by atoms with Gasteiger partial charge in [0.25, 0.3) is 11.6 Å². The number of non-ortho nitro benzene ring substituents is 1. The lowest BCUT2D eigenvalue weighted by Gasteiger charge is -2.06. The normalized spacial score (nSPS) is 12.1. The van der Waals surface area contributed by atoms with Crippen molar-refractivity contribution in [2.75, 3.05) is 0 Å². The van der Waals surface area contributed by atoms with E-state index in [0.717, 1.165) is 29.5 Å². The number of amides is 1. The molecule has 2 aromatic carbocycles. The van der Waals surface area contributed by atoms with Gasteiger partial charge in [0.15, 0.2) is 4.80 Å². The van der Waals surface area contributed by atoms with Gasteiger partial charge in [-0.25, -0.2) is 0 Å². The van der Waals surface area contributed by atoms with E-state index in [1.54, 1.807) is 0 Å². The van der Waals surface area contributed by atoms with Gasteiger partial charge in [-0.1, -0.05) is 23.3 Å². The summed E-state index contributed by atoms with van der Waals surface area (Å²) in [5, 5.41) is 10.9.